The van der Waals surface area contributed by atoms with Gasteiger partial charge in [0.05, 0.1) is 5.92 Å². The summed E-state index contributed by atoms with van der Waals surface area (Å²) in [4.78, 5) is 31.4. The van der Waals surface area contributed by atoms with Crippen molar-refractivity contribution in [3.63, 3.8) is 0 Å². The monoisotopic (exact) mass is 426 g/mol. The Labute approximate surface area is 182 Å². The Bertz CT molecular complexity index is 890. The fourth-order valence-corrected chi connectivity index (χ4v) is 5.10. The second kappa shape index (κ2) is 9.31. The molecule has 160 valence electrons. The van der Waals surface area contributed by atoms with Crippen LogP contribution in [0, 0.1) is 19.8 Å². The molecule has 30 heavy (non-hydrogen) atoms. The summed E-state index contributed by atoms with van der Waals surface area (Å²) >= 11 is 1.73. The Morgan fingerprint density at radius 1 is 1.20 bits per heavy atom. The fourth-order valence-electron chi connectivity index (χ4n) is 4.41. The zero-order chi connectivity index (χ0) is 21.1. The number of ether oxygens (including phenoxy) is 1. The predicted octanol–water partition coefficient (Wildman–Crippen LogP) is 3.97. The molecule has 0 radical (unpaired) electrons. The quantitative estimate of drug-likeness (QED) is 0.702. The van der Waals surface area contributed by atoms with Gasteiger partial charge in [0.15, 0.2) is 0 Å². The van der Waals surface area contributed by atoms with Crippen LogP contribution < -0.4 is 4.90 Å². The van der Waals surface area contributed by atoms with Crippen molar-refractivity contribution in [1.29, 1.82) is 0 Å². The molecule has 2 amide bonds. The Morgan fingerprint density at radius 3 is 2.70 bits per heavy atom. The molecule has 5 nitrogen and oxygen atoms in total. The molecule has 1 aromatic heterocycles. The Hall–Kier alpha value is -2.18. The van der Waals surface area contributed by atoms with Gasteiger partial charge in [0, 0.05) is 49.3 Å². The number of rotatable bonds is 6. The van der Waals surface area contributed by atoms with Crippen molar-refractivity contribution in [2.75, 3.05) is 31.2 Å². The number of benzene rings is 1. The van der Waals surface area contributed by atoms with Gasteiger partial charge >= 0.3 is 0 Å². The van der Waals surface area contributed by atoms with Crippen molar-refractivity contribution in [2.45, 2.75) is 45.6 Å². The minimum atomic E-state index is -0.273. The summed E-state index contributed by atoms with van der Waals surface area (Å²) in [6.45, 7) is 6.70. The largest absolute Gasteiger partial charge is 0.381 e. The van der Waals surface area contributed by atoms with Crippen LogP contribution >= 0.6 is 11.3 Å². The molecule has 0 bridgehead atoms. The van der Waals surface area contributed by atoms with Crippen LogP contribution in [0.25, 0.3) is 0 Å². The number of carbonyl (C=O) groups excluding carboxylic acids is 2. The summed E-state index contributed by atoms with van der Waals surface area (Å²) in [6, 6.07) is 10.5. The van der Waals surface area contributed by atoms with Crippen LogP contribution in [-0.4, -0.2) is 49.1 Å². The summed E-state index contributed by atoms with van der Waals surface area (Å²) in [5.74, 6) is -0.106. The number of hydrogen-bond donors (Lipinski definition) is 0. The number of nitrogens with zero attached hydrogens (tertiary/aromatic N) is 2. The molecule has 3 heterocycles. The van der Waals surface area contributed by atoms with Gasteiger partial charge in [-0.2, -0.15) is 0 Å². The van der Waals surface area contributed by atoms with Crippen molar-refractivity contribution in [3.05, 3.63) is 51.7 Å². The molecule has 1 unspecified atom stereocenters. The highest BCUT2D eigenvalue weighted by Crippen LogP contribution is 2.29. The van der Waals surface area contributed by atoms with Crippen LogP contribution in [0.5, 0.6) is 0 Å². The molecule has 1 atom stereocenters. The molecule has 4 rings (SSSR count). The minimum absolute atomic E-state index is 0.0433. The number of aryl methyl sites for hydroxylation is 2. The molecule has 0 aliphatic carbocycles. The van der Waals surface area contributed by atoms with E-state index in [2.05, 4.69) is 31.4 Å². The summed E-state index contributed by atoms with van der Waals surface area (Å²) in [5, 5.41) is 2.08. The summed E-state index contributed by atoms with van der Waals surface area (Å²) in [6.07, 6.45) is 2.90. The second-order valence-electron chi connectivity index (χ2n) is 8.38. The second-order valence-corrected chi connectivity index (χ2v) is 9.41. The van der Waals surface area contributed by atoms with E-state index >= 15 is 0 Å². The van der Waals surface area contributed by atoms with Gasteiger partial charge in [-0.3, -0.25) is 9.59 Å². The SMILES string of the molecule is Cc1ccc(N2CC(C(=O)N(CCc3cccs3)C3CCOCC3)CC2=O)cc1C. The van der Waals surface area contributed by atoms with E-state index in [1.807, 2.05) is 23.1 Å². The summed E-state index contributed by atoms with van der Waals surface area (Å²) < 4.78 is 5.52. The van der Waals surface area contributed by atoms with Gasteiger partial charge < -0.3 is 14.5 Å². The molecule has 2 fully saturated rings. The Kier molecular flexibility index (Phi) is 6.54. The smallest absolute Gasteiger partial charge is 0.228 e. The maximum Gasteiger partial charge on any atom is 0.228 e. The van der Waals surface area contributed by atoms with E-state index in [1.54, 1.807) is 16.2 Å². The van der Waals surface area contributed by atoms with E-state index in [0.717, 1.165) is 30.5 Å². The Morgan fingerprint density at radius 2 is 2.00 bits per heavy atom. The molecule has 2 aromatic rings. The average molecular weight is 427 g/mol. The minimum Gasteiger partial charge on any atom is -0.381 e. The predicted molar refractivity (Wildman–Crippen MR) is 120 cm³/mol. The van der Waals surface area contributed by atoms with Gasteiger partial charge in [-0.15, -0.1) is 11.3 Å². The number of hydrogen-bond acceptors (Lipinski definition) is 4. The number of thiophene rings is 1. The molecular weight excluding hydrogens is 396 g/mol. The normalized spacial score (nSPS) is 20.0. The zero-order valence-corrected chi connectivity index (χ0v) is 18.6. The van der Waals surface area contributed by atoms with Crippen LogP contribution in [0.4, 0.5) is 5.69 Å². The first-order valence-electron chi connectivity index (χ1n) is 10.8. The van der Waals surface area contributed by atoms with E-state index in [4.69, 9.17) is 4.74 Å². The lowest BCUT2D eigenvalue weighted by Crippen LogP contribution is -2.47. The van der Waals surface area contributed by atoms with Crippen LogP contribution in [0.1, 0.15) is 35.3 Å². The lowest BCUT2D eigenvalue weighted by molar-refractivity contribution is -0.139. The molecule has 0 spiro atoms. The molecule has 2 aliphatic rings. The van der Waals surface area contributed by atoms with Gasteiger partial charge in [0.25, 0.3) is 0 Å². The van der Waals surface area contributed by atoms with Crippen molar-refractivity contribution in [2.24, 2.45) is 5.92 Å². The highest BCUT2D eigenvalue weighted by molar-refractivity contribution is 7.09. The third-order valence-electron chi connectivity index (χ3n) is 6.37. The van der Waals surface area contributed by atoms with Crippen LogP contribution in [-0.2, 0) is 20.7 Å². The van der Waals surface area contributed by atoms with Crippen molar-refractivity contribution < 1.29 is 14.3 Å². The third kappa shape index (κ3) is 4.60. The maximum absolute atomic E-state index is 13.6. The molecule has 6 heteroatoms. The average Bonchev–Trinajstić information content (AvgIpc) is 3.41. The van der Waals surface area contributed by atoms with Gasteiger partial charge in [0.2, 0.25) is 11.8 Å². The van der Waals surface area contributed by atoms with Crippen molar-refractivity contribution >= 4 is 28.8 Å². The van der Waals surface area contributed by atoms with Gasteiger partial charge in [-0.1, -0.05) is 12.1 Å². The molecule has 0 N–H and O–H groups in total. The summed E-state index contributed by atoms with van der Waals surface area (Å²) in [7, 11) is 0. The lowest BCUT2D eigenvalue weighted by atomic mass is 10.0. The Balaban J connectivity index is 1.48. The van der Waals surface area contributed by atoms with Gasteiger partial charge in [0.1, 0.15) is 0 Å². The van der Waals surface area contributed by atoms with Crippen LogP contribution in [0.15, 0.2) is 35.7 Å². The summed E-state index contributed by atoms with van der Waals surface area (Å²) in [5.41, 5.74) is 3.27. The van der Waals surface area contributed by atoms with Gasteiger partial charge in [-0.25, -0.2) is 0 Å². The fraction of sp³-hybridized carbons (Fsp3) is 0.500. The number of anilines is 1. The first-order valence-corrected chi connectivity index (χ1v) is 11.7. The lowest BCUT2D eigenvalue weighted by Gasteiger charge is -2.36. The van der Waals surface area contributed by atoms with E-state index < -0.39 is 0 Å². The van der Waals surface area contributed by atoms with Crippen LogP contribution in [0.2, 0.25) is 0 Å². The van der Waals surface area contributed by atoms with E-state index in [0.29, 0.717) is 32.7 Å². The van der Waals surface area contributed by atoms with Gasteiger partial charge in [-0.05, 0) is 67.8 Å². The highest BCUT2D eigenvalue weighted by atomic mass is 32.1. The molecule has 2 saturated heterocycles. The number of carbonyl (C=O) groups is 2. The maximum atomic E-state index is 13.6. The molecule has 0 saturated carbocycles. The van der Waals surface area contributed by atoms with Crippen molar-refractivity contribution in [1.82, 2.24) is 4.90 Å². The zero-order valence-electron chi connectivity index (χ0n) is 17.8. The number of amides is 2. The van der Waals surface area contributed by atoms with Crippen molar-refractivity contribution in [3.8, 4) is 0 Å². The topological polar surface area (TPSA) is 49.9 Å². The first-order chi connectivity index (χ1) is 14.5. The van der Waals surface area contributed by atoms with E-state index in [-0.39, 0.29) is 23.8 Å². The molecule has 2 aliphatic heterocycles. The highest BCUT2D eigenvalue weighted by Gasteiger charge is 2.39. The first kappa shape index (κ1) is 21.1. The van der Waals surface area contributed by atoms with E-state index in [9.17, 15) is 9.59 Å². The third-order valence-corrected chi connectivity index (χ3v) is 7.31. The molecule has 1 aromatic carbocycles. The molecular formula is C24H30N2O3S. The standard InChI is InChI=1S/C24H30N2O3S/c1-17-5-6-21(14-18(17)2)26-16-19(15-23(26)27)24(28)25(20-8-11-29-12-9-20)10-7-22-4-3-13-30-22/h3-6,13-14,19-20H,7-12,15-16H2,1-2H3. The van der Waals surface area contributed by atoms with E-state index in [1.165, 1.54) is 10.4 Å². The van der Waals surface area contributed by atoms with Crippen LogP contribution in [0.3, 0.4) is 0 Å².